The molecule has 1 aliphatic heterocycles. The fraction of sp³-hybridized carbons (Fsp3) is 0.550. The molecule has 28 heavy (non-hydrogen) atoms. The van der Waals surface area contributed by atoms with Crippen LogP contribution in [-0.4, -0.2) is 56.6 Å². The van der Waals surface area contributed by atoms with Gasteiger partial charge in [0.1, 0.15) is 0 Å². The highest BCUT2D eigenvalue weighted by Gasteiger charge is 2.39. The molecule has 8 nitrogen and oxygen atoms in total. The SMILES string of the molecule is COC(=O)c1cc(OC)c(OC)cc1NC(=O)C1CC(=O)N(C2CCCC2)C1. The summed E-state index contributed by atoms with van der Waals surface area (Å²) in [6.07, 6.45) is 4.44. The lowest BCUT2D eigenvalue weighted by Crippen LogP contribution is -2.35. The first-order chi connectivity index (χ1) is 13.5. The van der Waals surface area contributed by atoms with Gasteiger partial charge in [0.15, 0.2) is 11.5 Å². The average molecular weight is 390 g/mol. The number of carbonyl (C=O) groups is 3. The van der Waals surface area contributed by atoms with Crippen LogP contribution < -0.4 is 14.8 Å². The molecule has 1 atom stereocenters. The summed E-state index contributed by atoms with van der Waals surface area (Å²) in [4.78, 5) is 39.2. The minimum absolute atomic E-state index is 0.0209. The van der Waals surface area contributed by atoms with Crippen molar-refractivity contribution < 1.29 is 28.6 Å². The Hall–Kier alpha value is -2.77. The molecule has 2 amide bonds. The van der Waals surface area contributed by atoms with E-state index in [9.17, 15) is 14.4 Å². The molecule has 2 aliphatic rings. The van der Waals surface area contributed by atoms with Crippen molar-refractivity contribution in [1.82, 2.24) is 4.90 Å². The molecule has 1 aliphatic carbocycles. The number of hydrogen-bond donors (Lipinski definition) is 1. The Bertz CT molecular complexity index is 772. The minimum atomic E-state index is -0.605. The Morgan fingerprint density at radius 1 is 1.07 bits per heavy atom. The van der Waals surface area contributed by atoms with Crippen molar-refractivity contribution >= 4 is 23.5 Å². The van der Waals surface area contributed by atoms with Crippen LogP contribution in [0.3, 0.4) is 0 Å². The lowest BCUT2D eigenvalue weighted by atomic mass is 10.1. The molecule has 3 rings (SSSR count). The van der Waals surface area contributed by atoms with Crippen molar-refractivity contribution in [3.8, 4) is 11.5 Å². The number of rotatable bonds is 6. The molecule has 1 heterocycles. The monoisotopic (exact) mass is 390 g/mol. The number of esters is 1. The van der Waals surface area contributed by atoms with E-state index in [1.807, 2.05) is 4.90 Å². The third kappa shape index (κ3) is 3.90. The van der Waals surface area contributed by atoms with E-state index < -0.39 is 11.9 Å². The molecule has 1 aromatic carbocycles. The fourth-order valence-electron chi connectivity index (χ4n) is 3.97. The van der Waals surface area contributed by atoms with Crippen LogP contribution in [0.25, 0.3) is 0 Å². The summed E-state index contributed by atoms with van der Waals surface area (Å²) in [5.74, 6) is -0.610. The first-order valence-electron chi connectivity index (χ1n) is 9.43. The maximum atomic E-state index is 12.8. The Balaban J connectivity index is 1.79. The summed E-state index contributed by atoms with van der Waals surface area (Å²) >= 11 is 0. The van der Waals surface area contributed by atoms with Gasteiger partial charge in [-0.05, 0) is 12.8 Å². The number of hydrogen-bond acceptors (Lipinski definition) is 6. The van der Waals surface area contributed by atoms with Gasteiger partial charge in [-0.15, -0.1) is 0 Å². The van der Waals surface area contributed by atoms with Crippen LogP contribution in [0.1, 0.15) is 42.5 Å². The summed E-state index contributed by atoms with van der Waals surface area (Å²) < 4.78 is 15.3. The van der Waals surface area contributed by atoms with Crippen molar-refractivity contribution in [2.24, 2.45) is 5.92 Å². The summed E-state index contributed by atoms with van der Waals surface area (Å²) in [5, 5.41) is 2.77. The zero-order valence-corrected chi connectivity index (χ0v) is 16.4. The highest BCUT2D eigenvalue weighted by Crippen LogP contribution is 2.35. The first kappa shape index (κ1) is 20.0. The summed E-state index contributed by atoms with van der Waals surface area (Å²) in [6.45, 7) is 0.413. The molecule has 1 aromatic rings. The number of nitrogens with one attached hydrogen (secondary N) is 1. The van der Waals surface area contributed by atoms with Crippen LogP contribution in [0.4, 0.5) is 5.69 Å². The highest BCUT2D eigenvalue weighted by molar-refractivity contribution is 6.04. The number of likely N-dealkylation sites (tertiary alicyclic amines) is 1. The van der Waals surface area contributed by atoms with Gasteiger partial charge in [0, 0.05) is 31.1 Å². The molecule has 8 heteroatoms. The zero-order valence-electron chi connectivity index (χ0n) is 16.4. The van der Waals surface area contributed by atoms with Gasteiger partial charge in [-0.1, -0.05) is 12.8 Å². The van der Waals surface area contributed by atoms with Crippen LogP contribution >= 0.6 is 0 Å². The Morgan fingerprint density at radius 2 is 1.71 bits per heavy atom. The highest BCUT2D eigenvalue weighted by atomic mass is 16.5. The first-order valence-corrected chi connectivity index (χ1v) is 9.43. The van der Waals surface area contributed by atoms with Crippen LogP contribution in [0.15, 0.2) is 12.1 Å². The number of carbonyl (C=O) groups excluding carboxylic acids is 3. The molecule has 1 N–H and O–H groups in total. The molecular weight excluding hydrogens is 364 g/mol. The van der Waals surface area contributed by atoms with Crippen LogP contribution in [-0.2, 0) is 14.3 Å². The van der Waals surface area contributed by atoms with Crippen LogP contribution in [0.5, 0.6) is 11.5 Å². The molecule has 0 aromatic heterocycles. The van der Waals surface area contributed by atoms with Crippen molar-refractivity contribution in [2.45, 2.75) is 38.1 Å². The Kier molecular flexibility index (Phi) is 6.06. The molecule has 1 saturated carbocycles. The number of amides is 2. The fourth-order valence-corrected chi connectivity index (χ4v) is 3.97. The van der Waals surface area contributed by atoms with Crippen molar-refractivity contribution in [3.05, 3.63) is 17.7 Å². The van der Waals surface area contributed by atoms with E-state index in [1.54, 1.807) is 0 Å². The second kappa shape index (κ2) is 8.50. The third-order valence-electron chi connectivity index (χ3n) is 5.48. The van der Waals surface area contributed by atoms with Gasteiger partial charge in [-0.3, -0.25) is 9.59 Å². The van der Waals surface area contributed by atoms with Gasteiger partial charge in [0.2, 0.25) is 11.8 Å². The predicted octanol–water partition coefficient (Wildman–Crippen LogP) is 2.22. The summed E-state index contributed by atoms with van der Waals surface area (Å²) in [7, 11) is 4.19. The standard InChI is InChI=1S/C20H26N2O6/c1-26-16-9-14(20(25)28-3)15(10-17(16)27-2)21-19(24)12-8-18(23)22(11-12)13-6-4-5-7-13/h9-10,12-13H,4-8,11H2,1-3H3,(H,21,24). The second-order valence-corrected chi connectivity index (χ2v) is 7.12. The minimum Gasteiger partial charge on any atom is -0.493 e. The van der Waals surface area contributed by atoms with Crippen LogP contribution in [0, 0.1) is 5.92 Å². The van der Waals surface area contributed by atoms with E-state index in [0.29, 0.717) is 18.0 Å². The topological polar surface area (TPSA) is 94.2 Å². The molecule has 1 saturated heterocycles. The number of ether oxygens (including phenoxy) is 3. The number of nitrogens with zero attached hydrogens (tertiary/aromatic N) is 1. The van der Waals surface area contributed by atoms with Gasteiger partial charge < -0.3 is 24.4 Å². The van der Waals surface area contributed by atoms with Crippen LogP contribution in [0.2, 0.25) is 0 Å². The molecule has 1 unspecified atom stereocenters. The smallest absolute Gasteiger partial charge is 0.340 e. The van der Waals surface area contributed by atoms with E-state index in [-0.39, 0.29) is 35.5 Å². The van der Waals surface area contributed by atoms with Gasteiger partial charge in [0.25, 0.3) is 0 Å². The maximum absolute atomic E-state index is 12.8. The summed E-state index contributed by atoms with van der Waals surface area (Å²) in [5.41, 5.74) is 0.423. The van der Waals surface area contributed by atoms with E-state index in [0.717, 1.165) is 25.7 Å². The van der Waals surface area contributed by atoms with Gasteiger partial charge in [-0.25, -0.2) is 4.79 Å². The molecule has 2 fully saturated rings. The molecule has 0 bridgehead atoms. The number of anilines is 1. The van der Waals surface area contributed by atoms with Gasteiger partial charge >= 0.3 is 5.97 Å². The van der Waals surface area contributed by atoms with E-state index in [4.69, 9.17) is 14.2 Å². The average Bonchev–Trinajstić information content (AvgIpc) is 3.36. The van der Waals surface area contributed by atoms with Crippen molar-refractivity contribution in [3.63, 3.8) is 0 Å². The third-order valence-corrected chi connectivity index (χ3v) is 5.48. The lowest BCUT2D eigenvalue weighted by molar-refractivity contribution is -0.129. The normalized spacial score (nSPS) is 19.6. The van der Waals surface area contributed by atoms with E-state index >= 15 is 0 Å². The van der Waals surface area contributed by atoms with E-state index in [1.165, 1.54) is 33.5 Å². The van der Waals surface area contributed by atoms with Crippen molar-refractivity contribution in [2.75, 3.05) is 33.2 Å². The zero-order chi connectivity index (χ0) is 20.3. The summed E-state index contributed by atoms with van der Waals surface area (Å²) in [6, 6.07) is 3.23. The van der Waals surface area contributed by atoms with E-state index in [2.05, 4.69) is 5.32 Å². The predicted molar refractivity (Wildman–Crippen MR) is 102 cm³/mol. The molecule has 152 valence electrons. The molecular formula is C20H26N2O6. The Labute approximate surface area is 164 Å². The van der Waals surface area contributed by atoms with Gasteiger partial charge in [-0.2, -0.15) is 0 Å². The molecule has 0 radical (unpaired) electrons. The Morgan fingerprint density at radius 3 is 2.32 bits per heavy atom. The van der Waals surface area contributed by atoms with Crippen molar-refractivity contribution in [1.29, 1.82) is 0 Å². The quantitative estimate of drug-likeness (QED) is 0.749. The molecule has 0 spiro atoms. The second-order valence-electron chi connectivity index (χ2n) is 7.12. The number of methoxy groups -OCH3 is 3. The number of benzene rings is 1. The maximum Gasteiger partial charge on any atom is 0.340 e. The lowest BCUT2D eigenvalue weighted by Gasteiger charge is -2.24. The van der Waals surface area contributed by atoms with Gasteiger partial charge in [0.05, 0.1) is 38.5 Å². The largest absolute Gasteiger partial charge is 0.493 e.